The second kappa shape index (κ2) is 34.0. The number of nitrogens with two attached hydrogens (primary N) is 1. The van der Waals surface area contributed by atoms with Gasteiger partial charge >= 0.3 is 0 Å². The van der Waals surface area contributed by atoms with Gasteiger partial charge in [0.2, 0.25) is 53.2 Å². The first-order valence-electron chi connectivity index (χ1n) is 28.1. The topological polar surface area (TPSA) is 451 Å². The molecular formula is C53H79Br2N11O18S. The minimum atomic E-state index is -2.28. The van der Waals surface area contributed by atoms with Crippen molar-refractivity contribution in [2.24, 2.45) is 35.3 Å². The number of ketones is 2. The van der Waals surface area contributed by atoms with E-state index in [-0.39, 0.29) is 63.7 Å². The number of amides is 9. The van der Waals surface area contributed by atoms with Crippen LogP contribution in [0.25, 0.3) is 0 Å². The van der Waals surface area contributed by atoms with E-state index in [1.807, 2.05) is 0 Å². The smallest absolute Gasteiger partial charge is 0.243 e. The zero-order valence-electron chi connectivity index (χ0n) is 47.4. The highest BCUT2D eigenvalue weighted by Gasteiger charge is 2.48. The minimum absolute atomic E-state index is 0.00646. The third-order valence-electron chi connectivity index (χ3n) is 15.3. The molecule has 3 heterocycles. The van der Waals surface area contributed by atoms with Gasteiger partial charge in [0.15, 0.2) is 5.78 Å². The maximum atomic E-state index is 15.0. The number of anilines is 1. The molecule has 1 aromatic carbocycles. The molecule has 0 radical (unpaired) electrons. The fourth-order valence-electron chi connectivity index (χ4n) is 10.3. The number of halogens is 2. The number of phenols is 1. The lowest BCUT2D eigenvalue weighted by molar-refractivity contribution is -0.140. The molecule has 29 nitrogen and oxygen atoms in total. The molecule has 9 amide bonds. The Morgan fingerprint density at radius 1 is 0.741 bits per heavy atom. The summed E-state index contributed by atoms with van der Waals surface area (Å²) in [4.78, 5) is 152. The summed E-state index contributed by atoms with van der Waals surface area (Å²) in [6.07, 6.45) is -5.28. The van der Waals surface area contributed by atoms with Crippen LogP contribution in [0.3, 0.4) is 0 Å². The largest absolute Gasteiger partial charge is 0.508 e. The molecule has 0 spiro atoms. The molecule has 7 unspecified atom stereocenters. The monoisotopic (exact) mass is 1350 g/mol. The van der Waals surface area contributed by atoms with Gasteiger partial charge in [0, 0.05) is 85.2 Å². The number of Topliss-reactive ketones (excluding diaryl/α,β-unsaturated/α-hetero) is 2. The number of nitrogens with one attached hydrogen (secondary N) is 10. The normalized spacial score (nSPS) is 28.1. The van der Waals surface area contributed by atoms with Gasteiger partial charge in [-0.05, 0) is 36.8 Å². The number of carbonyl (C=O) groups excluding carboxylic acids is 11. The van der Waals surface area contributed by atoms with Crippen LogP contribution >= 0.6 is 31.9 Å². The fourth-order valence-corrected chi connectivity index (χ4v) is 12.8. The summed E-state index contributed by atoms with van der Waals surface area (Å²) in [7, 11) is -2.28. The standard InChI is InChI=1S/C53H79Br2N11O18S/c1-4-25(2)44-51(80)61-21-40(73)62-36-24-85(82)53-33(30-6-5-28(68)19-34(30)64-53)20-35(48(77)60-22-41(74)65-44)63-52(81)45(26(3)38(71)23-67)66-47(76)32-18-29(69)17-31(32)46(75)27(15-37(36)70)16-39(72)57-8-12-84-14-10-59-50(79)43(55)42(54)49(78)58-9-13-83-11-7-56/h5-6,19,25-27,29,31-33,35-36,38,42-45,53,64,67-69,71H,4,7-18,20-24,56H2,1-3H3,(H,57,72)(H,58,78)(H,59,79)(H,60,77)(H,61,80)(H,62,73)(H,63,81)(H,65,74)(H,66,76)/t25-,26?,27-,29-,31?,32+,33?,35-,36-,38-,42?,43?,44-,45-,53?,85?/m0/s1. The number of phenolic OH excluding ortho intramolecular Hbond substituents is 1. The Kier molecular flexibility index (Phi) is 28.0. The van der Waals surface area contributed by atoms with Crippen molar-refractivity contribution >= 4 is 113 Å². The number of aliphatic hydroxyl groups is 3. The molecule has 2 saturated heterocycles. The van der Waals surface area contributed by atoms with Crippen molar-refractivity contribution in [1.29, 1.82) is 0 Å². The summed E-state index contributed by atoms with van der Waals surface area (Å²) in [5.74, 6) is -17.5. The number of rotatable bonds is 21. The molecule has 4 aliphatic rings. The van der Waals surface area contributed by atoms with Crippen LogP contribution in [-0.4, -0.2) is 219 Å². The van der Waals surface area contributed by atoms with E-state index in [1.54, 1.807) is 13.8 Å². The predicted molar refractivity (Wildman–Crippen MR) is 311 cm³/mol. The number of aliphatic hydroxyl groups excluding tert-OH is 3. The van der Waals surface area contributed by atoms with Crippen LogP contribution in [0, 0.1) is 29.6 Å². The van der Waals surface area contributed by atoms with Gasteiger partial charge in [-0.1, -0.05) is 65.1 Å². The second-order valence-electron chi connectivity index (χ2n) is 21.4. The lowest BCUT2D eigenvalue weighted by Crippen LogP contribution is -2.59. The second-order valence-corrected chi connectivity index (χ2v) is 25.0. The molecular weight excluding hydrogens is 1270 g/mol. The van der Waals surface area contributed by atoms with Crippen molar-refractivity contribution in [2.75, 3.05) is 83.4 Å². The highest BCUT2D eigenvalue weighted by molar-refractivity contribution is 9.12. The zero-order valence-corrected chi connectivity index (χ0v) is 51.4. The van der Waals surface area contributed by atoms with E-state index in [0.29, 0.717) is 25.1 Å². The molecule has 3 aliphatic heterocycles. The van der Waals surface area contributed by atoms with Gasteiger partial charge in [-0.15, -0.1) is 0 Å². The predicted octanol–water partition coefficient (Wildman–Crippen LogP) is -4.61. The van der Waals surface area contributed by atoms with Crippen molar-refractivity contribution in [1.82, 2.24) is 47.9 Å². The van der Waals surface area contributed by atoms with Crippen LogP contribution < -0.4 is 58.9 Å². The molecule has 1 saturated carbocycles. The van der Waals surface area contributed by atoms with Crippen LogP contribution in [-0.2, 0) is 73.0 Å². The summed E-state index contributed by atoms with van der Waals surface area (Å²) in [5.41, 5.74) is 6.00. The molecule has 16 atom stereocenters. The number of ether oxygens (including phenoxy) is 2. The van der Waals surface area contributed by atoms with E-state index in [0.717, 1.165) is 0 Å². The van der Waals surface area contributed by atoms with Gasteiger partial charge in [0.1, 0.15) is 44.7 Å². The first-order valence-corrected chi connectivity index (χ1v) is 31.3. The minimum Gasteiger partial charge on any atom is -0.508 e. The van der Waals surface area contributed by atoms with E-state index in [2.05, 4.69) is 85.0 Å². The maximum absolute atomic E-state index is 15.0. The Balaban J connectivity index is 1.47. The molecule has 3 fully saturated rings. The first-order chi connectivity index (χ1) is 40.4. The van der Waals surface area contributed by atoms with Gasteiger partial charge in [0.05, 0.1) is 76.0 Å². The molecule has 0 aromatic heterocycles. The number of hydrogen-bond acceptors (Lipinski definition) is 20. The summed E-state index contributed by atoms with van der Waals surface area (Å²) >= 11 is 6.42. The molecule has 32 heteroatoms. The Morgan fingerprint density at radius 2 is 1.34 bits per heavy atom. The third-order valence-corrected chi connectivity index (χ3v) is 19.6. The third kappa shape index (κ3) is 20.2. The SMILES string of the molecule is CC[C@H](C)[C@@H]1NC(=O)CNC(=O)[C@@H]2CC3c4ccc(O)cc4NC3S(=O)C[C@H](NC(=O)CNC1=O)C(=O)C[C@@H](CC(=O)NCCOCCNC(=O)C(Br)C(Br)C(=O)NCCOCCN)C(=O)C1C[C@H](O)C[C@H]1C(=O)N[C@@H](C(C)[C@@H](O)CO)C(=O)N2. The van der Waals surface area contributed by atoms with E-state index in [9.17, 15) is 77.4 Å². The van der Waals surface area contributed by atoms with E-state index in [4.69, 9.17) is 15.2 Å². The van der Waals surface area contributed by atoms with Crippen molar-refractivity contribution in [2.45, 2.75) is 117 Å². The first kappa shape index (κ1) is 70.0. The average molecular weight is 1350 g/mol. The van der Waals surface area contributed by atoms with E-state index >= 15 is 0 Å². The number of fused-ring (bicyclic) bond motifs is 5. The lowest BCUT2D eigenvalue weighted by atomic mass is 9.80. The zero-order chi connectivity index (χ0) is 62.7. The van der Waals surface area contributed by atoms with Crippen LogP contribution in [0.2, 0.25) is 0 Å². The number of aromatic hydroxyl groups is 1. The van der Waals surface area contributed by atoms with E-state index in [1.165, 1.54) is 25.1 Å². The Bertz CT molecular complexity index is 2610. The molecule has 85 heavy (non-hydrogen) atoms. The fraction of sp³-hybridized carbons (Fsp3) is 0.679. The van der Waals surface area contributed by atoms with Gasteiger partial charge in [-0.2, -0.15) is 0 Å². The van der Waals surface area contributed by atoms with Gasteiger partial charge in [-0.3, -0.25) is 56.9 Å². The number of benzene rings is 1. The van der Waals surface area contributed by atoms with Gasteiger partial charge < -0.3 is 88.8 Å². The quantitative estimate of drug-likeness (QED) is 0.0407. The van der Waals surface area contributed by atoms with Crippen LogP contribution in [0.1, 0.15) is 70.8 Å². The molecule has 1 aliphatic carbocycles. The average Bonchev–Trinajstić information content (AvgIpc) is 2.19. The van der Waals surface area contributed by atoms with Crippen molar-refractivity contribution in [3.63, 3.8) is 0 Å². The highest BCUT2D eigenvalue weighted by atomic mass is 79.9. The lowest BCUT2D eigenvalue weighted by Gasteiger charge is -2.32. The molecule has 1 aromatic rings. The summed E-state index contributed by atoms with van der Waals surface area (Å²) in [6.45, 7) is 3.03. The summed E-state index contributed by atoms with van der Waals surface area (Å²) in [6, 6.07) is -2.33. The molecule has 5 rings (SSSR count). The van der Waals surface area contributed by atoms with Crippen molar-refractivity contribution in [3.8, 4) is 5.75 Å². The number of hydrogen-bond donors (Lipinski definition) is 15. The van der Waals surface area contributed by atoms with Gasteiger partial charge in [0.25, 0.3) is 0 Å². The van der Waals surface area contributed by atoms with E-state index < -0.39 is 207 Å². The van der Waals surface area contributed by atoms with Gasteiger partial charge in [-0.25, -0.2) is 0 Å². The summed E-state index contributed by atoms with van der Waals surface area (Å²) < 4.78 is 25.8. The summed E-state index contributed by atoms with van der Waals surface area (Å²) in [5, 5.41) is 67.4. The number of carbonyl (C=O) groups is 11. The molecule has 2 bridgehead atoms. The number of alkyl halides is 2. The highest BCUT2D eigenvalue weighted by Crippen LogP contribution is 2.42. The Labute approximate surface area is 510 Å². The van der Waals surface area contributed by atoms with Crippen LogP contribution in [0.5, 0.6) is 5.75 Å². The van der Waals surface area contributed by atoms with Crippen LogP contribution in [0.15, 0.2) is 18.2 Å². The molecule has 16 N–H and O–H groups in total. The van der Waals surface area contributed by atoms with Crippen LogP contribution in [0.4, 0.5) is 5.69 Å². The van der Waals surface area contributed by atoms with Crippen molar-refractivity contribution < 1.29 is 86.8 Å². The molecule has 474 valence electrons. The maximum Gasteiger partial charge on any atom is 0.243 e. The Morgan fingerprint density at radius 3 is 1.96 bits per heavy atom. The van der Waals surface area contributed by atoms with Crippen molar-refractivity contribution in [3.05, 3.63) is 23.8 Å². The Hall–Kier alpha value is -5.74.